The summed E-state index contributed by atoms with van der Waals surface area (Å²) in [7, 11) is 4.96. The molecule has 0 radical (unpaired) electrons. The number of carboxylic acid groups (broad SMARTS) is 1. The largest absolute Gasteiger partial charge is 0.496 e. The van der Waals surface area contributed by atoms with Gasteiger partial charge in [0.2, 0.25) is 0 Å². The average molecular weight is 527 g/mol. The maximum atomic E-state index is 14.0. The van der Waals surface area contributed by atoms with Gasteiger partial charge >= 0.3 is 6.09 Å². The number of anilines is 2. The molecule has 3 aromatic carbocycles. The number of para-hydroxylation sites is 4. The molecule has 1 aliphatic heterocycles. The van der Waals surface area contributed by atoms with E-state index in [1.807, 2.05) is 54.1 Å². The van der Waals surface area contributed by atoms with Gasteiger partial charge in [-0.25, -0.2) is 4.79 Å². The Bertz CT molecular complexity index is 1560. The van der Waals surface area contributed by atoms with Crippen molar-refractivity contribution in [1.29, 1.82) is 0 Å². The number of benzene rings is 3. The lowest BCUT2D eigenvalue weighted by atomic mass is 9.86. The average Bonchev–Trinajstić information content (AvgIpc) is 3.25. The molecular weight excluding hydrogens is 496 g/mol. The molecule has 1 aliphatic rings. The highest BCUT2D eigenvalue weighted by Gasteiger charge is 2.41. The van der Waals surface area contributed by atoms with E-state index in [4.69, 9.17) is 15.2 Å². The van der Waals surface area contributed by atoms with Gasteiger partial charge in [-0.2, -0.15) is 0 Å². The highest BCUT2D eigenvalue weighted by atomic mass is 16.5. The van der Waals surface area contributed by atoms with Crippen LogP contribution in [0.3, 0.4) is 0 Å². The van der Waals surface area contributed by atoms with Gasteiger partial charge in [-0.1, -0.05) is 48.5 Å². The second kappa shape index (κ2) is 10.4. The van der Waals surface area contributed by atoms with Crippen molar-refractivity contribution in [2.24, 2.45) is 7.05 Å². The number of carbonyl (C=O) groups is 2. The van der Waals surface area contributed by atoms with E-state index in [0.717, 1.165) is 5.69 Å². The number of fused-ring (bicyclic) bond motifs is 1. The van der Waals surface area contributed by atoms with E-state index >= 15 is 0 Å². The zero-order valence-corrected chi connectivity index (χ0v) is 22.0. The van der Waals surface area contributed by atoms with Crippen LogP contribution < -0.4 is 20.5 Å². The molecule has 39 heavy (non-hydrogen) atoms. The summed E-state index contributed by atoms with van der Waals surface area (Å²) in [6.07, 6.45) is -0.637. The fourth-order valence-corrected chi connectivity index (χ4v) is 5.47. The van der Waals surface area contributed by atoms with Gasteiger partial charge in [-0.05, 0) is 24.3 Å². The number of nitrogens with two attached hydrogens (primary N) is 1. The molecule has 0 saturated carbocycles. The Morgan fingerprint density at radius 3 is 2.28 bits per heavy atom. The van der Waals surface area contributed by atoms with Crippen molar-refractivity contribution < 1.29 is 24.2 Å². The number of aromatic nitrogens is 1. The smallest absolute Gasteiger partial charge is 0.408 e. The molecule has 9 nitrogen and oxygen atoms in total. The number of carbonyl (C=O) groups excluding carboxylic acids is 1. The van der Waals surface area contributed by atoms with Crippen molar-refractivity contribution in [3.05, 3.63) is 95.3 Å². The predicted molar refractivity (Wildman–Crippen MR) is 149 cm³/mol. The van der Waals surface area contributed by atoms with Gasteiger partial charge in [0.15, 0.2) is 0 Å². The molecular formula is C30H30N4O5. The lowest BCUT2D eigenvalue weighted by Crippen LogP contribution is -2.40. The minimum Gasteiger partial charge on any atom is -0.496 e. The second-order valence-corrected chi connectivity index (χ2v) is 9.26. The summed E-state index contributed by atoms with van der Waals surface area (Å²) in [5, 5.41) is 13.2. The summed E-state index contributed by atoms with van der Waals surface area (Å²) < 4.78 is 13.2. The second-order valence-electron chi connectivity index (χ2n) is 9.26. The molecule has 0 saturated heterocycles. The van der Waals surface area contributed by atoms with Crippen molar-refractivity contribution in [1.82, 2.24) is 9.47 Å². The summed E-state index contributed by atoms with van der Waals surface area (Å²) in [6.45, 7) is 0.251. The first-order valence-corrected chi connectivity index (χ1v) is 12.5. The van der Waals surface area contributed by atoms with E-state index in [0.29, 0.717) is 57.2 Å². The molecule has 0 fully saturated rings. The van der Waals surface area contributed by atoms with Gasteiger partial charge in [-0.15, -0.1) is 0 Å². The van der Waals surface area contributed by atoms with Crippen LogP contribution in [0.1, 0.15) is 33.4 Å². The number of nitrogen functional groups attached to an aromatic ring is 1. The number of ether oxygens (including phenoxy) is 2. The molecule has 1 aromatic heterocycles. The van der Waals surface area contributed by atoms with Crippen LogP contribution in [0.25, 0.3) is 11.1 Å². The minimum absolute atomic E-state index is 0.251. The Kier molecular flexibility index (Phi) is 6.89. The Morgan fingerprint density at radius 1 is 0.949 bits per heavy atom. The third-order valence-corrected chi connectivity index (χ3v) is 7.21. The summed E-state index contributed by atoms with van der Waals surface area (Å²) in [5.74, 6) is 0.747. The molecule has 4 N–H and O–H groups in total. The van der Waals surface area contributed by atoms with Crippen molar-refractivity contribution in [2.45, 2.75) is 12.5 Å². The van der Waals surface area contributed by atoms with Gasteiger partial charge < -0.3 is 30.2 Å². The molecule has 1 unspecified atom stereocenters. The van der Waals surface area contributed by atoms with Crippen LogP contribution in [-0.2, 0) is 13.5 Å². The Labute approximate surface area is 226 Å². The van der Waals surface area contributed by atoms with Crippen molar-refractivity contribution >= 4 is 23.4 Å². The maximum absolute atomic E-state index is 14.0. The molecule has 2 heterocycles. The minimum atomic E-state index is -1.06. The van der Waals surface area contributed by atoms with Crippen LogP contribution in [0.5, 0.6) is 11.5 Å². The van der Waals surface area contributed by atoms with Gasteiger partial charge in [0, 0.05) is 48.0 Å². The highest BCUT2D eigenvalue weighted by Crippen LogP contribution is 2.48. The molecule has 0 bridgehead atoms. The number of rotatable bonds is 6. The zero-order valence-electron chi connectivity index (χ0n) is 22.0. The fourth-order valence-electron chi connectivity index (χ4n) is 5.47. The molecule has 0 spiro atoms. The van der Waals surface area contributed by atoms with Gasteiger partial charge in [0.1, 0.15) is 17.2 Å². The zero-order chi connectivity index (χ0) is 27.7. The third-order valence-electron chi connectivity index (χ3n) is 7.21. The molecule has 200 valence electrons. The Balaban J connectivity index is 1.82. The van der Waals surface area contributed by atoms with Crippen LogP contribution in [0.2, 0.25) is 0 Å². The quantitative estimate of drug-likeness (QED) is 0.298. The van der Waals surface area contributed by atoms with E-state index in [2.05, 4.69) is 5.32 Å². The monoisotopic (exact) mass is 526 g/mol. The highest BCUT2D eigenvalue weighted by molar-refractivity contribution is 6.10. The number of methoxy groups -OCH3 is 2. The Hall–Kier alpha value is -4.92. The fraction of sp³-hybridized carbons (Fsp3) is 0.200. The van der Waals surface area contributed by atoms with Gasteiger partial charge in [0.05, 0.1) is 31.6 Å². The summed E-state index contributed by atoms with van der Waals surface area (Å²) >= 11 is 0. The van der Waals surface area contributed by atoms with Crippen LogP contribution in [0, 0.1) is 0 Å². The van der Waals surface area contributed by atoms with E-state index in [-0.39, 0.29) is 12.5 Å². The topological polar surface area (TPSA) is 119 Å². The van der Waals surface area contributed by atoms with Crippen molar-refractivity contribution in [3.8, 4) is 22.6 Å². The van der Waals surface area contributed by atoms with Gasteiger partial charge in [-0.3, -0.25) is 9.69 Å². The van der Waals surface area contributed by atoms with Crippen LogP contribution in [0.4, 0.5) is 16.2 Å². The molecule has 2 amide bonds. The first kappa shape index (κ1) is 25.7. The summed E-state index contributed by atoms with van der Waals surface area (Å²) in [4.78, 5) is 28.0. The van der Waals surface area contributed by atoms with E-state index < -0.39 is 12.1 Å². The number of nitrogens with zero attached hydrogens (tertiary/aromatic N) is 2. The molecule has 5 rings (SSSR count). The third kappa shape index (κ3) is 4.41. The normalized spacial score (nSPS) is 14.4. The predicted octanol–water partition coefficient (Wildman–Crippen LogP) is 5.17. The SMILES string of the molecule is COc1ccccc1-c1c2c(n(C)c1C(=O)Nc1ccccc1N)CCN(C(=O)O)C2c1ccccc1OC. The Morgan fingerprint density at radius 2 is 1.59 bits per heavy atom. The van der Waals surface area contributed by atoms with Crippen molar-refractivity contribution in [2.75, 3.05) is 31.8 Å². The van der Waals surface area contributed by atoms with E-state index in [1.165, 1.54) is 4.90 Å². The van der Waals surface area contributed by atoms with Crippen LogP contribution >= 0.6 is 0 Å². The van der Waals surface area contributed by atoms with Crippen LogP contribution in [-0.4, -0.2) is 47.3 Å². The number of hydrogen-bond acceptors (Lipinski definition) is 5. The maximum Gasteiger partial charge on any atom is 0.408 e. The molecule has 1 atom stereocenters. The number of hydrogen-bond donors (Lipinski definition) is 3. The van der Waals surface area contributed by atoms with Gasteiger partial charge in [0.25, 0.3) is 5.91 Å². The van der Waals surface area contributed by atoms with Crippen LogP contribution in [0.15, 0.2) is 72.8 Å². The lowest BCUT2D eigenvalue weighted by Gasteiger charge is -2.36. The number of nitrogens with one attached hydrogen (secondary N) is 1. The number of amides is 2. The van der Waals surface area contributed by atoms with Crippen molar-refractivity contribution in [3.63, 3.8) is 0 Å². The molecule has 9 heteroatoms. The molecule has 0 aliphatic carbocycles. The standard InChI is InChI=1S/C30H30N4O5/c1-33-22-16-17-34(30(36)37)27(19-11-5-9-15-24(19)39-3)26(22)25(18-10-4-8-14-23(18)38-2)28(33)29(35)32-21-13-7-6-12-20(21)31/h4-15,27H,16-17,31H2,1-3H3,(H,32,35)(H,36,37). The summed E-state index contributed by atoms with van der Waals surface area (Å²) in [6, 6.07) is 21.1. The van der Waals surface area contributed by atoms with E-state index in [9.17, 15) is 14.7 Å². The molecule has 4 aromatic rings. The first-order chi connectivity index (χ1) is 18.9. The van der Waals surface area contributed by atoms with E-state index in [1.54, 1.807) is 44.6 Å². The summed E-state index contributed by atoms with van der Waals surface area (Å²) in [5.41, 5.74) is 11.0. The first-order valence-electron chi connectivity index (χ1n) is 12.5. The lowest BCUT2D eigenvalue weighted by molar-refractivity contribution is 0.101.